The third-order valence-electron chi connectivity index (χ3n) is 3.26. The Kier molecular flexibility index (Phi) is 4.38. The van der Waals surface area contributed by atoms with E-state index in [4.69, 9.17) is 39.5 Å². The lowest BCUT2D eigenvalue weighted by Crippen LogP contribution is -2.25. The largest absolute Gasteiger partial charge is 0.488 e. The minimum absolute atomic E-state index is 0.0722. The van der Waals surface area contributed by atoms with E-state index in [1.807, 2.05) is 6.07 Å². The molecule has 1 atom stereocenters. The first-order valence-corrected chi connectivity index (χ1v) is 7.59. The van der Waals surface area contributed by atoms with Crippen LogP contribution in [0.25, 0.3) is 0 Å². The topological polar surface area (TPSA) is 38.2 Å². The van der Waals surface area contributed by atoms with Crippen molar-refractivity contribution < 1.29 is 4.74 Å². The molecule has 2 heterocycles. The number of hydrogen-bond donors (Lipinski definition) is 0. The Hall–Kier alpha value is -1.23. The first kappa shape index (κ1) is 14.7. The van der Waals surface area contributed by atoms with E-state index in [0.717, 1.165) is 25.3 Å². The van der Waals surface area contributed by atoms with E-state index >= 15 is 0 Å². The Bertz CT molecular complexity index is 653. The summed E-state index contributed by atoms with van der Waals surface area (Å²) < 4.78 is 5.93. The summed E-state index contributed by atoms with van der Waals surface area (Å²) in [5.41, 5.74) is 0. The lowest BCUT2D eigenvalue weighted by molar-refractivity contribution is 0.225. The smallest absolute Gasteiger partial charge is 0.149 e. The molecule has 1 aliphatic rings. The van der Waals surface area contributed by atoms with Gasteiger partial charge in [0, 0.05) is 19.0 Å². The Morgan fingerprint density at radius 1 is 1.14 bits per heavy atom. The van der Waals surface area contributed by atoms with Gasteiger partial charge in [-0.1, -0.05) is 34.8 Å². The Morgan fingerprint density at radius 3 is 2.76 bits per heavy atom. The zero-order valence-electron chi connectivity index (χ0n) is 11.0. The van der Waals surface area contributed by atoms with Gasteiger partial charge in [-0.15, -0.1) is 0 Å². The van der Waals surface area contributed by atoms with E-state index in [0.29, 0.717) is 20.9 Å². The van der Waals surface area contributed by atoms with Crippen LogP contribution in [0.4, 0.5) is 5.82 Å². The van der Waals surface area contributed by atoms with Gasteiger partial charge in [-0.25, -0.2) is 4.98 Å². The highest BCUT2D eigenvalue weighted by Crippen LogP contribution is 2.28. The van der Waals surface area contributed by atoms with Crippen LogP contribution in [0.5, 0.6) is 5.75 Å². The van der Waals surface area contributed by atoms with Crippen molar-refractivity contribution in [1.82, 2.24) is 9.97 Å². The third-order valence-corrected chi connectivity index (χ3v) is 4.18. The molecule has 21 heavy (non-hydrogen) atoms. The summed E-state index contributed by atoms with van der Waals surface area (Å²) in [5.74, 6) is 1.48. The van der Waals surface area contributed by atoms with Gasteiger partial charge in [-0.05, 0) is 12.1 Å². The fourth-order valence-corrected chi connectivity index (χ4v) is 2.69. The summed E-state index contributed by atoms with van der Waals surface area (Å²) >= 11 is 17.7. The minimum atomic E-state index is 0.0722. The van der Waals surface area contributed by atoms with Gasteiger partial charge in [0.05, 0.1) is 29.0 Å². The number of halogens is 3. The van der Waals surface area contributed by atoms with E-state index in [2.05, 4.69) is 14.9 Å². The molecule has 0 N–H and O–H groups in total. The van der Waals surface area contributed by atoms with E-state index in [1.165, 1.54) is 6.20 Å². The van der Waals surface area contributed by atoms with Crippen molar-refractivity contribution in [3.8, 4) is 5.75 Å². The number of anilines is 1. The van der Waals surface area contributed by atoms with Crippen molar-refractivity contribution in [3.63, 3.8) is 0 Å². The third kappa shape index (κ3) is 3.51. The summed E-state index contributed by atoms with van der Waals surface area (Å²) in [6, 6.07) is 5.27. The summed E-state index contributed by atoms with van der Waals surface area (Å²) in [6.45, 7) is 1.58. The number of hydrogen-bond acceptors (Lipinski definition) is 4. The molecule has 1 saturated heterocycles. The number of benzene rings is 1. The lowest BCUT2D eigenvalue weighted by Gasteiger charge is -2.18. The van der Waals surface area contributed by atoms with E-state index in [9.17, 15) is 0 Å². The Morgan fingerprint density at radius 2 is 2.00 bits per heavy atom. The van der Waals surface area contributed by atoms with Gasteiger partial charge >= 0.3 is 0 Å². The van der Waals surface area contributed by atoms with Crippen LogP contribution in [0, 0.1) is 0 Å². The summed E-state index contributed by atoms with van der Waals surface area (Å²) in [5, 5.41) is 1.40. The van der Waals surface area contributed by atoms with Crippen molar-refractivity contribution in [2.75, 3.05) is 18.0 Å². The van der Waals surface area contributed by atoms with Crippen molar-refractivity contribution in [2.45, 2.75) is 12.5 Å². The van der Waals surface area contributed by atoms with Crippen LogP contribution in [-0.2, 0) is 0 Å². The monoisotopic (exact) mass is 343 g/mol. The maximum absolute atomic E-state index is 5.99. The highest BCUT2D eigenvalue weighted by molar-refractivity contribution is 6.42. The van der Waals surface area contributed by atoms with Gasteiger partial charge in [-0.3, -0.25) is 4.98 Å². The molecule has 1 aromatic heterocycles. The SMILES string of the molecule is Clc1cncc(N2CCC(Oc3ccc(Cl)c(Cl)c3)C2)n1. The molecular formula is C14H12Cl3N3O. The number of aromatic nitrogens is 2. The molecule has 1 fully saturated rings. The van der Waals surface area contributed by atoms with Gasteiger partial charge in [0.1, 0.15) is 22.8 Å². The summed E-state index contributed by atoms with van der Waals surface area (Å²) in [6.07, 6.45) is 4.19. The average Bonchev–Trinajstić information content (AvgIpc) is 2.91. The standard InChI is InChI=1S/C14H12Cl3N3O/c15-11-2-1-9(5-12(11)16)21-10-3-4-20(8-10)14-7-18-6-13(17)19-14/h1-2,5-7,10H,3-4,8H2. The molecule has 0 bridgehead atoms. The van der Waals surface area contributed by atoms with Crippen LogP contribution in [0.3, 0.4) is 0 Å². The van der Waals surface area contributed by atoms with Crippen LogP contribution in [0.2, 0.25) is 15.2 Å². The molecular weight excluding hydrogens is 333 g/mol. The van der Waals surface area contributed by atoms with Gasteiger partial charge in [-0.2, -0.15) is 0 Å². The second kappa shape index (κ2) is 6.26. The number of rotatable bonds is 3. The van der Waals surface area contributed by atoms with Crippen LogP contribution < -0.4 is 9.64 Å². The maximum atomic E-state index is 5.99. The van der Waals surface area contributed by atoms with Crippen molar-refractivity contribution >= 4 is 40.6 Å². The second-order valence-corrected chi connectivity index (χ2v) is 5.95. The normalized spacial score (nSPS) is 18.0. The molecule has 2 aromatic rings. The lowest BCUT2D eigenvalue weighted by atomic mass is 10.3. The molecule has 7 heteroatoms. The molecule has 1 aromatic carbocycles. The summed E-state index contributed by atoms with van der Waals surface area (Å²) in [4.78, 5) is 10.4. The average molecular weight is 345 g/mol. The first-order chi connectivity index (χ1) is 10.1. The van der Waals surface area contributed by atoms with Crippen LogP contribution >= 0.6 is 34.8 Å². The molecule has 1 aliphatic heterocycles. The molecule has 1 unspecified atom stereocenters. The maximum Gasteiger partial charge on any atom is 0.149 e. The van der Waals surface area contributed by atoms with E-state index in [1.54, 1.807) is 18.3 Å². The first-order valence-electron chi connectivity index (χ1n) is 6.46. The van der Waals surface area contributed by atoms with Crippen molar-refractivity contribution in [3.05, 3.63) is 45.8 Å². The number of nitrogens with zero attached hydrogens (tertiary/aromatic N) is 3. The van der Waals surface area contributed by atoms with E-state index in [-0.39, 0.29) is 6.10 Å². The molecule has 0 aliphatic carbocycles. The molecule has 0 spiro atoms. The Labute approximate surface area is 137 Å². The minimum Gasteiger partial charge on any atom is -0.488 e. The van der Waals surface area contributed by atoms with Crippen LogP contribution in [0.15, 0.2) is 30.6 Å². The van der Waals surface area contributed by atoms with Crippen LogP contribution in [-0.4, -0.2) is 29.2 Å². The zero-order chi connectivity index (χ0) is 14.8. The molecule has 0 amide bonds. The molecule has 0 radical (unpaired) electrons. The Balaban J connectivity index is 1.65. The molecule has 0 saturated carbocycles. The zero-order valence-corrected chi connectivity index (χ0v) is 13.2. The quantitative estimate of drug-likeness (QED) is 0.840. The fraction of sp³-hybridized carbons (Fsp3) is 0.286. The molecule has 4 nitrogen and oxygen atoms in total. The predicted octanol–water partition coefficient (Wildman–Crippen LogP) is 4.09. The fourth-order valence-electron chi connectivity index (χ4n) is 2.26. The van der Waals surface area contributed by atoms with Gasteiger partial charge in [0.25, 0.3) is 0 Å². The van der Waals surface area contributed by atoms with Gasteiger partial charge in [0.2, 0.25) is 0 Å². The number of ether oxygens (including phenoxy) is 1. The van der Waals surface area contributed by atoms with Crippen molar-refractivity contribution in [2.24, 2.45) is 0 Å². The summed E-state index contributed by atoms with van der Waals surface area (Å²) in [7, 11) is 0. The van der Waals surface area contributed by atoms with E-state index < -0.39 is 0 Å². The molecule has 3 rings (SSSR count). The van der Waals surface area contributed by atoms with Crippen molar-refractivity contribution in [1.29, 1.82) is 0 Å². The highest BCUT2D eigenvalue weighted by Gasteiger charge is 2.25. The van der Waals surface area contributed by atoms with Gasteiger partial charge in [0.15, 0.2) is 0 Å². The highest BCUT2D eigenvalue weighted by atomic mass is 35.5. The second-order valence-electron chi connectivity index (χ2n) is 4.75. The van der Waals surface area contributed by atoms with Crippen LogP contribution in [0.1, 0.15) is 6.42 Å². The molecule has 110 valence electrons. The predicted molar refractivity (Wildman–Crippen MR) is 84.8 cm³/mol. The van der Waals surface area contributed by atoms with Gasteiger partial charge < -0.3 is 9.64 Å².